The van der Waals surface area contributed by atoms with Gasteiger partial charge in [-0.25, -0.2) is 0 Å². The zero-order chi connectivity index (χ0) is 8.97. The van der Waals surface area contributed by atoms with Crippen LogP contribution in [0.15, 0.2) is 23.3 Å². The normalized spacial score (nSPS) is 10.8. The van der Waals surface area contributed by atoms with Crippen molar-refractivity contribution in [2.24, 2.45) is 10.9 Å². The predicted molar refractivity (Wildman–Crippen MR) is 52.6 cm³/mol. The summed E-state index contributed by atoms with van der Waals surface area (Å²) in [6.07, 6.45) is 2.52. The Morgan fingerprint density at radius 3 is 2.92 bits per heavy atom. The van der Waals surface area contributed by atoms with Crippen LogP contribution < -0.4 is 5.84 Å². The zero-order valence-corrected chi connectivity index (χ0v) is 7.67. The van der Waals surface area contributed by atoms with Crippen LogP contribution in [0.1, 0.15) is 18.1 Å². The minimum atomic E-state index is 0.698. The molecule has 0 unspecified atom stereocenters. The molecule has 0 spiro atoms. The van der Waals surface area contributed by atoms with E-state index in [0.29, 0.717) is 5.02 Å². The largest absolute Gasteiger partial charge is 0.323 e. The highest BCUT2D eigenvalue weighted by Gasteiger charge is 2.01. The van der Waals surface area contributed by atoms with Crippen molar-refractivity contribution in [3.8, 4) is 0 Å². The van der Waals surface area contributed by atoms with Gasteiger partial charge in [-0.3, -0.25) is 0 Å². The molecule has 0 heterocycles. The summed E-state index contributed by atoms with van der Waals surface area (Å²) in [7, 11) is 0. The lowest BCUT2D eigenvalue weighted by Gasteiger charge is -2.03. The molecule has 1 aromatic carbocycles. The van der Waals surface area contributed by atoms with Gasteiger partial charge in [0.2, 0.25) is 0 Å². The molecule has 0 amide bonds. The SMILES string of the molecule is CCc1cccc(Cl)c1/C=N/N. The number of rotatable bonds is 2. The number of hydrogen-bond donors (Lipinski definition) is 1. The Morgan fingerprint density at radius 1 is 1.58 bits per heavy atom. The van der Waals surface area contributed by atoms with Crippen LogP contribution >= 0.6 is 11.6 Å². The van der Waals surface area contributed by atoms with Crippen LogP contribution in [0.3, 0.4) is 0 Å². The van der Waals surface area contributed by atoms with E-state index in [9.17, 15) is 0 Å². The van der Waals surface area contributed by atoms with Gasteiger partial charge in [0.05, 0.1) is 6.21 Å². The molecule has 2 nitrogen and oxygen atoms in total. The van der Waals surface area contributed by atoms with E-state index < -0.39 is 0 Å². The van der Waals surface area contributed by atoms with Crippen LogP contribution in [-0.2, 0) is 6.42 Å². The summed E-state index contributed by atoms with van der Waals surface area (Å²) in [5.41, 5.74) is 2.08. The Hall–Kier alpha value is -1.02. The number of nitrogens with zero attached hydrogens (tertiary/aromatic N) is 1. The Bertz CT molecular complexity index is 295. The van der Waals surface area contributed by atoms with Crippen molar-refractivity contribution in [1.82, 2.24) is 0 Å². The molecular weight excluding hydrogens is 172 g/mol. The number of aryl methyl sites for hydroxylation is 1. The third kappa shape index (κ3) is 1.77. The fourth-order valence-corrected chi connectivity index (χ4v) is 1.35. The smallest absolute Gasteiger partial charge is 0.0555 e. The molecule has 0 atom stereocenters. The van der Waals surface area contributed by atoms with Crippen molar-refractivity contribution in [3.63, 3.8) is 0 Å². The fraction of sp³-hybridized carbons (Fsp3) is 0.222. The van der Waals surface area contributed by atoms with Crippen molar-refractivity contribution < 1.29 is 0 Å². The van der Waals surface area contributed by atoms with Gasteiger partial charge in [-0.05, 0) is 18.1 Å². The first-order chi connectivity index (χ1) is 5.79. The summed E-state index contributed by atoms with van der Waals surface area (Å²) in [6, 6.07) is 5.77. The maximum Gasteiger partial charge on any atom is 0.0555 e. The van der Waals surface area contributed by atoms with Crippen molar-refractivity contribution in [2.45, 2.75) is 13.3 Å². The quantitative estimate of drug-likeness (QED) is 0.425. The van der Waals surface area contributed by atoms with Gasteiger partial charge in [0.25, 0.3) is 0 Å². The van der Waals surface area contributed by atoms with E-state index >= 15 is 0 Å². The van der Waals surface area contributed by atoms with Crippen molar-refractivity contribution >= 4 is 17.8 Å². The Balaban J connectivity index is 3.19. The van der Waals surface area contributed by atoms with E-state index in [1.54, 1.807) is 6.21 Å². The monoisotopic (exact) mass is 182 g/mol. The van der Waals surface area contributed by atoms with Gasteiger partial charge in [-0.15, -0.1) is 0 Å². The van der Waals surface area contributed by atoms with Gasteiger partial charge in [-0.2, -0.15) is 5.10 Å². The highest BCUT2D eigenvalue weighted by molar-refractivity contribution is 6.33. The molecule has 0 aliphatic carbocycles. The van der Waals surface area contributed by atoms with Gasteiger partial charge in [0, 0.05) is 10.6 Å². The molecule has 0 saturated heterocycles. The van der Waals surface area contributed by atoms with Crippen LogP contribution in [0.2, 0.25) is 5.02 Å². The molecule has 0 aliphatic rings. The number of halogens is 1. The molecule has 0 aliphatic heterocycles. The maximum atomic E-state index is 5.94. The molecule has 64 valence electrons. The minimum Gasteiger partial charge on any atom is -0.323 e. The highest BCUT2D eigenvalue weighted by Crippen LogP contribution is 2.18. The van der Waals surface area contributed by atoms with E-state index in [1.807, 2.05) is 18.2 Å². The van der Waals surface area contributed by atoms with Gasteiger partial charge in [0.1, 0.15) is 0 Å². The van der Waals surface area contributed by atoms with Crippen molar-refractivity contribution in [3.05, 3.63) is 34.3 Å². The molecule has 0 fully saturated rings. The van der Waals surface area contributed by atoms with E-state index in [0.717, 1.165) is 17.5 Å². The Morgan fingerprint density at radius 2 is 2.33 bits per heavy atom. The van der Waals surface area contributed by atoms with Crippen molar-refractivity contribution in [1.29, 1.82) is 0 Å². The summed E-state index contributed by atoms with van der Waals surface area (Å²) in [4.78, 5) is 0. The lowest BCUT2D eigenvalue weighted by Crippen LogP contribution is -1.94. The third-order valence-electron chi connectivity index (χ3n) is 1.73. The molecular formula is C9H11ClN2. The van der Waals surface area contributed by atoms with E-state index in [2.05, 4.69) is 12.0 Å². The number of benzene rings is 1. The van der Waals surface area contributed by atoms with Crippen molar-refractivity contribution in [2.75, 3.05) is 0 Å². The van der Waals surface area contributed by atoms with Crippen LogP contribution in [0.25, 0.3) is 0 Å². The van der Waals surface area contributed by atoms with Crippen LogP contribution in [-0.4, -0.2) is 6.21 Å². The van der Waals surface area contributed by atoms with Crippen LogP contribution in [0.5, 0.6) is 0 Å². The number of hydrazone groups is 1. The summed E-state index contributed by atoms with van der Waals surface area (Å²) in [6.45, 7) is 2.07. The summed E-state index contributed by atoms with van der Waals surface area (Å²) in [5.74, 6) is 5.06. The van der Waals surface area contributed by atoms with Gasteiger partial charge in [0.15, 0.2) is 0 Å². The molecule has 0 bridgehead atoms. The fourth-order valence-electron chi connectivity index (χ4n) is 1.11. The number of hydrogen-bond acceptors (Lipinski definition) is 2. The van der Waals surface area contributed by atoms with Crippen LogP contribution in [0, 0.1) is 0 Å². The molecule has 3 heteroatoms. The molecule has 0 saturated carbocycles. The third-order valence-corrected chi connectivity index (χ3v) is 2.06. The van der Waals surface area contributed by atoms with E-state index in [4.69, 9.17) is 17.4 Å². The first kappa shape index (κ1) is 9.07. The molecule has 0 aromatic heterocycles. The average Bonchev–Trinajstić information content (AvgIpc) is 2.09. The lowest BCUT2D eigenvalue weighted by molar-refractivity contribution is 1.13. The zero-order valence-electron chi connectivity index (χ0n) is 6.92. The summed E-state index contributed by atoms with van der Waals surface area (Å²) < 4.78 is 0. The predicted octanol–water partition coefficient (Wildman–Crippen LogP) is 2.19. The molecule has 1 aromatic rings. The lowest BCUT2D eigenvalue weighted by atomic mass is 10.1. The van der Waals surface area contributed by atoms with Crippen LogP contribution in [0.4, 0.5) is 0 Å². The first-order valence-corrected chi connectivity index (χ1v) is 4.18. The maximum absolute atomic E-state index is 5.94. The molecule has 0 radical (unpaired) electrons. The molecule has 12 heavy (non-hydrogen) atoms. The Kier molecular flexibility index (Phi) is 3.11. The number of nitrogens with two attached hydrogens (primary N) is 1. The highest BCUT2D eigenvalue weighted by atomic mass is 35.5. The average molecular weight is 183 g/mol. The second-order valence-corrected chi connectivity index (χ2v) is 2.85. The van der Waals surface area contributed by atoms with E-state index in [-0.39, 0.29) is 0 Å². The van der Waals surface area contributed by atoms with Gasteiger partial charge < -0.3 is 5.84 Å². The summed E-state index contributed by atoms with van der Waals surface area (Å²) >= 11 is 5.94. The molecule has 1 rings (SSSR count). The second kappa shape index (κ2) is 4.12. The minimum absolute atomic E-state index is 0.698. The summed E-state index contributed by atoms with van der Waals surface area (Å²) in [5, 5.41) is 4.16. The Labute approximate surface area is 77.0 Å². The van der Waals surface area contributed by atoms with Gasteiger partial charge >= 0.3 is 0 Å². The molecule has 2 N–H and O–H groups in total. The topological polar surface area (TPSA) is 38.4 Å². The first-order valence-electron chi connectivity index (χ1n) is 3.80. The standard InChI is InChI=1S/C9H11ClN2/c1-2-7-4-3-5-9(10)8(7)6-12-11/h3-6H,2,11H2,1H3/b12-6+. The van der Waals surface area contributed by atoms with Gasteiger partial charge in [-0.1, -0.05) is 30.7 Å². The van der Waals surface area contributed by atoms with E-state index in [1.165, 1.54) is 0 Å². The second-order valence-electron chi connectivity index (χ2n) is 2.44.